The summed E-state index contributed by atoms with van der Waals surface area (Å²) < 4.78 is 0. The largest absolute Gasteiger partial charge is 0.398 e. The van der Waals surface area contributed by atoms with E-state index in [2.05, 4.69) is 73.7 Å². The van der Waals surface area contributed by atoms with Gasteiger partial charge in [-0.2, -0.15) is 0 Å². The number of nitrogens with two attached hydrogens (primary N) is 2. The maximum atomic E-state index is 6.59. The molecule has 0 spiro atoms. The predicted molar refractivity (Wildman–Crippen MR) is 118 cm³/mol. The molecule has 0 amide bonds. The lowest BCUT2D eigenvalue weighted by atomic mass is 9.91. The van der Waals surface area contributed by atoms with Crippen molar-refractivity contribution in [3.8, 4) is 11.1 Å². The Kier molecular flexibility index (Phi) is 3.34. The Hall–Kier alpha value is -3.52. The third kappa shape index (κ3) is 2.34. The summed E-state index contributed by atoms with van der Waals surface area (Å²) in [5.74, 6) is 0. The van der Waals surface area contributed by atoms with Crippen LogP contribution in [0.15, 0.2) is 78.9 Å². The van der Waals surface area contributed by atoms with Crippen molar-refractivity contribution < 1.29 is 0 Å². The second-order valence-electron chi connectivity index (χ2n) is 7.17. The van der Waals surface area contributed by atoms with Crippen LogP contribution >= 0.6 is 0 Å². The lowest BCUT2D eigenvalue weighted by molar-refractivity contribution is 1.47. The summed E-state index contributed by atoms with van der Waals surface area (Å²) in [7, 11) is 0. The fourth-order valence-electron chi connectivity index (χ4n) is 4.09. The Bertz CT molecular complexity index is 1330. The number of anilines is 2. The summed E-state index contributed by atoms with van der Waals surface area (Å²) >= 11 is 0. The summed E-state index contributed by atoms with van der Waals surface area (Å²) in [6.07, 6.45) is 0. The number of benzene rings is 5. The van der Waals surface area contributed by atoms with E-state index in [-0.39, 0.29) is 0 Å². The van der Waals surface area contributed by atoms with Gasteiger partial charge in [-0.3, -0.25) is 0 Å². The quantitative estimate of drug-likeness (QED) is 0.276. The highest BCUT2D eigenvalue weighted by molar-refractivity contribution is 6.24. The molecule has 0 heterocycles. The molecule has 0 fully saturated rings. The topological polar surface area (TPSA) is 52.0 Å². The van der Waals surface area contributed by atoms with E-state index in [4.69, 9.17) is 11.5 Å². The number of nitrogen functional groups attached to an aromatic ring is 2. The van der Waals surface area contributed by atoms with Crippen LogP contribution in [-0.2, 0) is 0 Å². The molecule has 5 rings (SSSR count). The Morgan fingerprint density at radius 3 is 1.96 bits per heavy atom. The van der Waals surface area contributed by atoms with Crippen molar-refractivity contribution in [3.05, 3.63) is 84.4 Å². The molecule has 0 saturated carbocycles. The molecule has 0 aromatic heterocycles. The van der Waals surface area contributed by atoms with Crippen molar-refractivity contribution in [1.82, 2.24) is 0 Å². The van der Waals surface area contributed by atoms with Gasteiger partial charge in [0.05, 0.1) is 0 Å². The molecular formula is C25H20N2. The van der Waals surface area contributed by atoms with Crippen molar-refractivity contribution in [1.29, 1.82) is 0 Å². The zero-order chi connectivity index (χ0) is 18.5. The molecule has 0 saturated heterocycles. The van der Waals surface area contributed by atoms with Crippen molar-refractivity contribution >= 4 is 43.7 Å². The first-order valence-electron chi connectivity index (χ1n) is 9.12. The van der Waals surface area contributed by atoms with Gasteiger partial charge in [0.15, 0.2) is 0 Å². The molecule has 0 aliphatic heterocycles. The highest BCUT2D eigenvalue weighted by atomic mass is 14.6. The zero-order valence-corrected chi connectivity index (χ0v) is 15.2. The molecule has 5 aromatic rings. The van der Waals surface area contributed by atoms with Gasteiger partial charge in [0.2, 0.25) is 0 Å². The van der Waals surface area contributed by atoms with Gasteiger partial charge in [0, 0.05) is 22.1 Å². The van der Waals surface area contributed by atoms with Gasteiger partial charge in [-0.25, -0.2) is 0 Å². The third-order valence-corrected chi connectivity index (χ3v) is 5.42. The molecule has 0 radical (unpaired) electrons. The van der Waals surface area contributed by atoms with Crippen molar-refractivity contribution in [2.75, 3.05) is 11.5 Å². The van der Waals surface area contributed by atoms with Crippen molar-refractivity contribution in [2.24, 2.45) is 0 Å². The van der Waals surface area contributed by atoms with Gasteiger partial charge in [-0.1, -0.05) is 72.3 Å². The lowest BCUT2D eigenvalue weighted by Gasteiger charge is -2.15. The van der Waals surface area contributed by atoms with E-state index in [1.54, 1.807) is 0 Å². The average Bonchev–Trinajstić information content (AvgIpc) is 2.69. The van der Waals surface area contributed by atoms with Gasteiger partial charge >= 0.3 is 0 Å². The summed E-state index contributed by atoms with van der Waals surface area (Å²) in [5, 5.41) is 6.72. The van der Waals surface area contributed by atoms with Gasteiger partial charge < -0.3 is 11.5 Å². The fourth-order valence-corrected chi connectivity index (χ4v) is 4.09. The second kappa shape index (κ2) is 5.75. The van der Waals surface area contributed by atoms with E-state index < -0.39 is 0 Å². The van der Waals surface area contributed by atoms with E-state index in [1.165, 1.54) is 11.1 Å². The Morgan fingerprint density at radius 2 is 1.19 bits per heavy atom. The maximum absolute atomic E-state index is 6.59. The van der Waals surface area contributed by atoms with Crippen molar-refractivity contribution in [3.63, 3.8) is 0 Å². The molecule has 0 unspecified atom stereocenters. The molecule has 4 N–H and O–H groups in total. The van der Waals surface area contributed by atoms with Crippen LogP contribution in [0.5, 0.6) is 0 Å². The van der Waals surface area contributed by atoms with E-state index in [1.807, 2.05) is 12.1 Å². The molecule has 2 heteroatoms. The van der Waals surface area contributed by atoms with E-state index in [9.17, 15) is 0 Å². The molecule has 0 aliphatic carbocycles. The van der Waals surface area contributed by atoms with Crippen LogP contribution in [0.1, 0.15) is 5.56 Å². The second-order valence-corrected chi connectivity index (χ2v) is 7.17. The third-order valence-electron chi connectivity index (χ3n) is 5.42. The summed E-state index contributed by atoms with van der Waals surface area (Å²) in [4.78, 5) is 0. The van der Waals surface area contributed by atoms with Crippen LogP contribution in [0.25, 0.3) is 43.4 Å². The highest BCUT2D eigenvalue weighted by Crippen LogP contribution is 2.41. The molecule has 0 atom stereocenters. The zero-order valence-electron chi connectivity index (χ0n) is 15.2. The van der Waals surface area contributed by atoms with Crippen LogP contribution in [0.2, 0.25) is 0 Å². The summed E-state index contributed by atoms with van der Waals surface area (Å²) in [6.45, 7) is 2.10. The Labute approximate surface area is 158 Å². The minimum atomic E-state index is 0.795. The standard InChI is InChI=1S/C25H20N2/c1-15-9-11-16(12-10-15)17-7-4-8-20-22-13-23(26)19-6-3-2-5-18(19)21(22)14-24(27)25(17)20/h2-14H,26-27H2,1H3. The first kappa shape index (κ1) is 15.7. The molecular weight excluding hydrogens is 328 g/mol. The Balaban J connectivity index is 1.95. The SMILES string of the molecule is Cc1ccc(-c2cccc3c2c(N)cc2c4ccccc4c(N)cc32)cc1. The molecule has 0 bridgehead atoms. The predicted octanol–water partition coefficient (Wildman–Crippen LogP) is 6.29. The van der Waals surface area contributed by atoms with Crippen LogP contribution in [0.4, 0.5) is 11.4 Å². The number of rotatable bonds is 1. The number of hydrogen-bond acceptors (Lipinski definition) is 2. The maximum Gasteiger partial charge on any atom is 0.0406 e. The van der Waals surface area contributed by atoms with Crippen molar-refractivity contribution in [2.45, 2.75) is 6.92 Å². The lowest BCUT2D eigenvalue weighted by Crippen LogP contribution is -1.94. The van der Waals surface area contributed by atoms with Gasteiger partial charge in [0.1, 0.15) is 0 Å². The minimum absolute atomic E-state index is 0.795. The number of aryl methyl sites for hydroxylation is 1. The molecule has 0 aliphatic rings. The number of fused-ring (bicyclic) bond motifs is 5. The highest BCUT2D eigenvalue weighted by Gasteiger charge is 2.13. The minimum Gasteiger partial charge on any atom is -0.398 e. The van der Waals surface area contributed by atoms with Crippen LogP contribution in [-0.4, -0.2) is 0 Å². The first-order valence-corrected chi connectivity index (χ1v) is 9.12. The summed E-state index contributed by atoms with van der Waals surface area (Å²) in [5.41, 5.74) is 18.1. The van der Waals surface area contributed by atoms with Crippen LogP contribution in [0.3, 0.4) is 0 Å². The monoisotopic (exact) mass is 348 g/mol. The number of hydrogen-bond donors (Lipinski definition) is 2. The van der Waals surface area contributed by atoms with E-state index in [0.717, 1.165) is 49.3 Å². The first-order chi connectivity index (χ1) is 13.1. The Morgan fingerprint density at radius 1 is 0.556 bits per heavy atom. The van der Waals surface area contributed by atoms with E-state index >= 15 is 0 Å². The van der Waals surface area contributed by atoms with Gasteiger partial charge in [-0.15, -0.1) is 0 Å². The van der Waals surface area contributed by atoms with Crippen LogP contribution in [0, 0.1) is 6.92 Å². The summed E-state index contributed by atoms with van der Waals surface area (Å²) in [6, 6.07) is 27.4. The van der Waals surface area contributed by atoms with Gasteiger partial charge in [0.25, 0.3) is 0 Å². The van der Waals surface area contributed by atoms with Crippen LogP contribution < -0.4 is 11.5 Å². The molecule has 27 heavy (non-hydrogen) atoms. The van der Waals surface area contributed by atoms with E-state index in [0.29, 0.717) is 0 Å². The average molecular weight is 348 g/mol. The smallest absolute Gasteiger partial charge is 0.0406 e. The molecule has 2 nitrogen and oxygen atoms in total. The molecule has 5 aromatic carbocycles. The van der Waals surface area contributed by atoms with Gasteiger partial charge in [-0.05, 0) is 51.7 Å². The fraction of sp³-hybridized carbons (Fsp3) is 0.0400. The normalized spacial score (nSPS) is 11.4. The molecule has 130 valence electrons.